The smallest absolute Gasteiger partial charge is 0.311 e. The number of nitrogen functional groups attached to an aromatic ring is 1. The number of nitro benzene ring substituents is 1. The molecule has 6 aromatic rings. The highest BCUT2D eigenvalue weighted by Crippen LogP contribution is 2.37. The standard InChI is InChI=1S/C13H9N5O3.C13H11N5O.ClH/c19-12-10(5-2-6-11(12)18(20)21)8-3-1-4-9(7-8)13-14-16-17-15-13;14-11-6-2-5-10(12(11)19)8-3-1-4-9(7-8)13-15-17-18-16-13;/h1-7,19H,(H,14,15,16,17);1-7,19H,14H2,(H,15,16,17,18);1H. The average Bonchev–Trinajstić information content (AvgIpc) is 3.71. The Morgan fingerprint density at radius 2 is 1.15 bits per heavy atom. The number of phenolic OH excluding ortho intramolecular Hbond substituents is 2. The summed E-state index contributed by atoms with van der Waals surface area (Å²) in [5.74, 6) is 0.618. The molecule has 0 saturated carbocycles. The lowest BCUT2D eigenvalue weighted by molar-refractivity contribution is -0.385. The molecule has 14 nitrogen and oxygen atoms in total. The Balaban J connectivity index is 0.000000185. The van der Waals surface area contributed by atoms with Crippen LogP contribution in [0.3, 0.4) is 0 Å². The van der Waals surface area contributed by atoms with Crippen molar-refractivity contribution in [3.8, 4) is 56.5 Å². The second-order valence-electron chi connectivity index (χ2n) is 8.31. The van der Waals surface area contributed by atoms with E-state index in [-0.39, 0.29) is 29.6 Å². The minimum atomic E-state index is -0.623. The van der Waals surface area contributed by atoms with Gasteiger partial charge >= 0.3 is 5.69 Å². The van der Waals surface area contributed by atoms with Gasteiger partial charge in [-0.05, 0) is 39.8 Å². The number of nitrogens with zero attached hydrogens (tertiary/aromatic N) is 7. The number of aromatic amines is 2. The Bertz CT molecular complexity index is 1780. The van der Waals surface area contributed by atoms with Gasteiger partial charge in [-0.1, -0.05) is 60.7 Å². The molecule has 0 atom stereocenters. The van der Waals surface area contributed by atoms with E-state index >= 15 is 0 Å². The summed E-state index contributed by atoms with van der Waals surface area (Å²) in [4.78, 5) is 10.2. The zero-order valence-electron chi connectivity index (χ0n) is 20.9. The van der Waals surface area contributed by atoms with E-state index in [0.29, 0.717) is 39.6 Å². The number of tetrazole rings is 2. The van der Waals surface area contributed by atoms with Gasteiger partial charge < -0.3 is 15.9 Å². The zero-order chi connectivity index (χ0) is 28.1. The number of rotatable bonds is 5. The lowest BCUT2D eigenvalue weighted by atomic mass is 10.0. The molecular weight excluding hydrogens is 552 g/mol. The zero-order valence-corrected chi connectivity index (χ0v) is 21.7. The minimum Gasteiger partial charge on any atom is -0.505 e. The number of H-pyrrole nitrogens is 2. The molecule has 2 heterocycles. The van der Waals surface area contributed by atoms with Crippen molar-refractivity contribution in [2.75, 3.05) is 5.73 Å². The van der Waals surface area contributed by atoms with E-state index < -0.39 is 4.92 Å². The number of hydrogen-bond donors (Lipinski definition) is 5. The van der Waals surface area contributed by atoms with Crippen LogP contribution in [0.4, 0.5) is 11.4 Å². The first-order chi connectivity index (χ1) is 19.4. The molecule has 0 radical (unpaired) electrons. The number of halogens is 1. The normalized spacial score (nSPS) is 10.2. The Hall–Kier alpha value is -5.89. The predicted molar refractivity (Wildman–Crippen MR) is 152 cm³/mol. The van der Waals surface area contributed by atoms with Gasteiger partial charge in [0.15, 0.2) is 0 Å². The van der Waals surface area contributed by atoms with Gasteiger partial charge in [-0.25, -0.2) is 0 Å². The molecule has 0 spiro atoms. The quantitative estimate of drug-likeness (QED) is 0.0843. The van der Waals surface area contributed by atoms with Crippen molar-refractivity contribution in [1.29, 1.82) is 0 Å². The number of aromatic nitrogens is 8. The number of phenols is 2. The molecule has 0 aliphatic carbocycles. The molecule has 2 aromatic heterocycles. The van der Waals surface area contributed by atoms with E-state index in [9.17, 15) is 20.3 Å². The lowest BCUT2D eigenvalue weighted by Crippen LogP contribution is -1.90. The Labute approximate surface area is 237 Å². The summed E-state index contributed by atoms with van der Waals surface area (Å²) < 4.78 is 0. The maximum absolute atomic E-state index is 10.9. The minimum absolute atomic E-state index is 0. The first-order valence-corrected chi connectivity index (χ1v) is 11.6. The molecule has 0 aliphatic heterocycles. The SMILES string of the molecule is Cl.Nc1cccc(-c2cccc(-c3nn[nH]n3)c2)c1O.O=[N+]([O-])c1cccc(-c2cccc(-c3nn[nH]n3)c2)c1O. The summed E-state index contributed by atoms with van der Waals surface area (Å²) >= 11 is 0. The molecule has 6 N–H and O–H groups in total. The van der Waals surface area contributed by atoms with Gasteiger partial charge in [-0.2, -0.15) is 10.4 Å². The van der Waals surface area contributed by atoms with Crippen molar-refractivity contribution < 1.29 is 15.1 Å². The Kier molecular flexibility index (Phi) is 8.45. The summed E-state index contributed by atoms with van der Waals surface area (Å²) in [6.07, 6.45) is 0. The largest absolute Gasteiger partial charge is 0.505 e. The molecule has 0 bridgehead atoms. The molecule has 41 heavy (non-hydrogen) atoms. The number of hydrogen-bond acceptors (Lipinski definition) is 11. The Morgan fingerprint density at radius 1 is 0.683 bits per heavy atom. The third-order valence-electron chi connectivity index (χ3n) is 5.83. The average molecular weight is 573 g/mol. The topological polar surface area (TPSA) is 219 Å². The number of anilines is 1. The van der Waals surface area contributed by atoms with Crippen molar-refractivity contribution >= 4 is 23.8 Å². The molecule has 6 rings (SSSR count). The molecule has 0 unspecified atom stereocenters. The first-order valence-electron chi connectivity index (χ1n) is 11.6. The van der Waals surface area contributed by atoms with Crippen LogP contribution >= 0.6 is 12.4 Å². The van der Waals surface area contributed by atoms with Crippen LogP contribution in [-0.4, -0.2) is 56.4 Å². The van der Waals surface area contributed by atoms with Crippen LogP contribution in [0.2, 0.25) is 0 Å². The number of nitrogens with two attached hydrogens (primary N) is 1. The van der Waals surface area contributed by atoms with Gasteiger partial charge in [0.05, 0.1) is 10.6 Å². The third kappa shape index (κ3) is 6.07. The summed E-state index contributed by atoms with van der Waals surface area (Å²) in [5.41, 5.74) is 9.72. The molecule has 15 heteroatoms. The highest BCUT2D eigenvalue weighted by molar-refractivity contribution is 5.85. The fourth-order valence-electron chi connectivity index (χ4n) is 3.93. The molecule has 4 aromatic carbocycles. The van der Waals surface area contributed by atoms with Gasteiger partial charge in [0.2, 0.25) is 17.4 Å². The van der Waals surface area contributed by atoms with Crippen molar-refractivity contribution in [3.05, 3.63) is 95.0 Å². The third-order valence-corrected chi connectivity index (χ3v) is 5.83. The Morgan fingerprint density at radius 3 is 1.63 bits per heavy atom. The fraction of sp³-hybridized carbons (Fsp3) is 0. The van der Waals surface area contributed by atoms with Gasteiger partial charge in [-0.15, -0.1) is 32.8 Å². The summed E-state index contributed by atoms with van der Waals surface area (Å²) in [6.45, 7) is 0. The van der Waals surface area contributed by atoms with Crippen LogP contribution in [0.25, 0.3) is 45.0 Å². The lowest BCUT2D eigenvalue weighted by Gasteiger charge is -2.07. The van der Waals surface area contributed by atoms with Crippen molar-refractivity contribution in [1.82, 2.24) is 41.2 Å². The summed E-state index contributed by atoms with van der Waals surface area (Å²) in [7, 11) is 0. The van der Waals surface area contributed by atoms with Gasteiger partial charge in [0.25, 0.3) is 0 Å². The number of nitro groups is 1. The molecule has 0 aliphatic rings. The number of nitrogens with one attached hydrogen (secondary N) is 2. The fourth-order valence-corrected chi connectivity index (χ4v) is 3.93. The highest BCUT2D eigenvalue weighted by atomic mass is 35.5. The highest BCUT2D eigenvalue weighted by Gasteiger charge is 2.18. The maximum atomic E-state index is 10.9. The van der Waals surface area contributed by atoms with E-state index in [0.717, 1.165) is 11.1 Å². The first kappa shape index (κ1) is 28.1. The van der Waals surface area contributed by atoms with Gasteiger partial charge in [0.1, 0.15) is 5.75 Å². The van der Waals surface area contributed by atoms with E-state index in [4.69, 9.17) is 5.73 Å². The second-order valence-corrected chi connectivity index (χ2v) is 8.31. The van der Waals surface area contributed by atoms with Crippen LogP contribution in [0.5, 0.6) is 11.5 Å². The van der Waals surface area contributed by atoms with Gasteiger partial charge in [0, 0.05) is 28.3 Å². The second kappa shape index (κ2) is 12.3. The van der Waals surface area contributed by atoms with E-state index in [2.05, 4.69) is 41.2 Å². The number of benzene rings is 4. The van der Waals surface area contributed by atoms with E-state index in [1.165, 1.54) is 12.1 Å². The molecule has 0 fully saturated rings. The summed E-state index contributed by atoms with van der Waals surface area (Å²) in [5, 5.41) is 58.3. The molecular formula is C26H21ClN10O4. The predicted octanol–water partition coefficient (Wildman–Crippen LogP) is 4.39. The van der Waals surface area contributed by atoms with Crippen LogP contribution in [0.1, 0.15) is 0 Å². The van der Waals surface area contributed by atoms with Crippen molar-refractivity contribution in [2.45, 2.75) is 0 Å². The van der Waals surface area contributed by atoms with Crippen LogP contribution in [0.15, 0.2) is 84.9 Å². The van der Waals surface area contributed by atoms with Crippen LogP contribution in [0, 0.1) is 10.1 Å². The maximum Gasteiger partial charge on any atom is 0.311 e. The number of para-hydroxylation sites is 2. The molecule has 0 amide bonds. The van der Waals surface area contributed by atoms with E-state index in [1.807, 2.05) is 24.3 Å². The van der Waals surface area contributed by atoms with Crippen LogP contribution in [-0.2, 0) is 0 Å². The number of aromatic hydroxyl groups is 2. The van der Waals surface area contributed by atoms with Crippen molar-refractivity contribution in [2.24, 2.45) is 0 Å². The molecule has 206 valence electrons. The van der Waals surface area contributed by atoms with Crippen molar-refractivity contribution in [3.63, 3.8) is 0 Å². The summed E-state index contributed by atoms with van der Waals surface area (Å²) in [6, 6.07) is 24.1. The monoisotopic (exact) mass is 572 g/mol. The van der Waals surface area contributed by atoms with Crippen LogP contribution < -0.4 is 5.73 Å². The van der Waals surface area contributed by atoms with Gasteiger partial charge in [-0.3, -0.25) is 10.1 Å². The van der Waals surface area contributed by atoms with E-state index in [1.54, 1.807) is 48.5 Å². The molecule has 0 saturated heterocycles.